The molecular formula is C18H19N3O2. The second-order valence-electron chi connectivity index (χ2n) is 5.94. The van der Waals surface area contributed by atoms with Gasteiger partial charge < -0.3 is 0 Å². The maximum absolute atomic E-state index is 11.4. The normalized spacial score (nSPS) is 11.1. The lowest BCUT2D eigenvalue weighted by Crippen LogP contribution is -2.18. The smallest absolute Gasteiger partial charge is 0.274 e. The van der Waals surface area contributed by atoms with E-state index >= 15 is 0 Å². The number of carbonyl (C=O) groups excluding carboxylic acids is 1. The number of benzene rings is 2. The molecule has 3 aromatic rings. The first-order valence-electron chi connectivity index (χ1n) is 7.57. The minimum Gasteiger partial charge on any atom is -0.288 e. The van der Waals surface area contributed by atoms with Gasteiger partial charge in [0.25, 0.3) is 5.91 Å². The van der Waals surface area contributed by atoms with Gasteiger partial charge in [-0.25, -0.2) is 5.48 Å². The van der Waals surface area contributed by atoms with E-state index in [4.69, 9.17) is 5.21 Å². The first-order chi connectivity index (χ1) is 11.1. The van der Waals surface area contributed by atoms with Gasteiger partial charge in [-0.15, -0.1) is 0 Å². The molecule has 3 rings (SSSR count). The van der Waals surface area contributed by atoms with Crippen molar-refractivity contribution in [3.8, 4) is 0 Å². The number of fused-ring (bicyclic) bond motifs is 1. The van der Waals surface area contributed by atoms with Crippen molar-refractivity contribution in [2.75, 3.05) is 0 Å². The van der Waals surface area contributed by atoms with Crippen molar-refractivity contribution < 1.29 is 10.0 Å². The van der Waals surface area contributed by atoms with E-state index in [1.54, 1.807) is 17.6 Å². The van der Waals surface area contributed by atoms with Gasteiger partial charge in [0.1, 0.15) is 0 Å². The summed E-state index contributed by atoms with van der Waals surface area (Å²) in [7, 11) is 0. The first kappa shape index (κ1) is 15.2. The molecule has 1 heterocycles. The Morgan fingerprint density at radius 1 is 1.22 bits per heavy atom. The quantitative estimate of drug-likeness (QED) is 0.574. The van der Waals surface area contributed by atoms with E-state index in [-0.39, 0.29) is 0 Å². The third kappa shape index (κ3) is 3.24. The van der Waals surface area contributed by atoms with Gasteiger partial charge >= 0.3 is 0 Å². The standard InChI is InChI=1S/C18H19N3O2/c1-12(2)14-5-3-13(4-6-14)10-21-11-16-8-7-15(18(22)20-23)9-17(16)19-21/h3-9,11-12,23H,10H2,1-2H3,(H,20,22). The number of aromatic nitrogens is 2. The molecule has 5 heteroatoms. The topological polar surface area (TPSA) is 67.2 Å². The van der Waals surface area contributed by atoms with E-state index < -0.39 is 5.91 Å². The third-order valence-corrected chi connectivity index (χ3v) is 3.91. The molecule has 0 unspecified atom stereocenters. The van der Waals surface area contributed by atoms with Crippen LogP contribution in [0.2, 0.25) is 0 Å². The Labute approximate surface area is 134 Å². The third-order valence-electron chi connectivity index (χ3n) is 3.91. The molecule has 1 aromatic heterocycles. The summed E-state index contributed by atoms with van der Waals surface area (Å²) >= 11 is 0. The average Bonchev–Trinajstić information content (AvgIpc) is 2.95. The molecule has 0 aliphatic rings. The molecule has 0 aliphatic carbocycles. The van der Waals surface area contributed by atoms with Gasteiger partial charge in [0, 0.05) is 17.1 Å². The summed E-state index contributed by atoms with van der Waals surface area (Å²) in [6.07, 6.45) is 1.95. The van der Waals surface area contributed by atoms with E-state index in [0.29, 0.717) is 18.0 Å². The first-order valence-corrected chi connectivity index (χ1v) is 7.57. The molecule has 0 spiro atoms. The number of nitrogens with one attached hydrogen (secondary N) is 1. The molecule has 0 saturated heterocycles. The van der Waals surface area contributed by atoms with Crippen LogP contribution in [0.4, 0.5) is 0 Å². The van der Waals surface area contributed by atoms with Crippen molar-refractivity contribution in [2.24, 2.45) is 0 Å². The zero-order valence-electron chi connectivity index (χ0n) is 13.2. The van der Waals surface area contributed by atoms with Crippen LogP contribution in [0.1, 0.15) is 41.3 Å². The molecule has 5 nitrogen and oxygen atoms in total. The molecule has 0 bridgehead atoms. The van der Waals surface area contributed by atoms with Crippen LogP contribution >= 0.6 is 0 Å². The van der Waals surface area contributed by atoms with Crippen LogP contribution in [-0.2, 0) is 6.54 Å². The van der Waals surface area contributed by atoms with E-state index in [2.05, 4.69) is 43.2 Å². The van der Waals surface area contributed by atoms with Crippen LogP contribution < -0.4 is 5.48 Å². The molecule has 1 amide bonds. The van der Waals surface area contributed by atoms with Crippen LogP contribution in [0.15, 0.2) is 48.7 Å². The lowest BCUT2D eigenvalue weighted by molar-refractivity contribution is 0.0706. The van der Waals surface area contributed by atoms with E-state index in [1.807, 2.05) is 16.9 Å². The highest BCUT2D eigenvalue weighted by Crippen LogP contribution is 2.17. The molecule has 0 radical (unpaired) electrons. The van der Waals surface area contributed by atoms with Gasteiger partial charge in [0.15, 0.2) is 0 Å². The van der Waals surface area contributed by atoms with Gasteiger partial charge in [-0.1, -0.05) is 44.2 Å². The number of hydrogen-bond acceptors (Lipinski definition) is 3. The Hall–Kier alpha value is -2.66. The van der Waals surface area contributed by atoms with Crippen molar-refractivity contribution in [2.45, 2.75) is 26.3 Å². The van der Waals surface area contributed by atoms with Crippen LogP contribution in [0.5, 0.6) is 0 Å². The van der Waals surface area contributed by atoms with Crippen molar-refractivity contribution >= 4 is 16.8 Å². The van der Waals surface area contributed by atoms with Gasteiger partial charge in [0.2, 0.25) is 0 Å². The lowest BCUT2D eigenvalue weighted by atomic mass is 10.0. The van der Waals surface area contributed by atoms with Crippen LogP contribution in [0.25, 0.3) is 10.9 Å². The van der Waals surface area contributed by atoms with Crippen molar-refractivity contribution in [1.29, 1.82) is 0 Å². The summed E-state index contributed by atoms with van der Waals surface area (Å²) < 4.78 is 1.86. The van der Waals surface area contributed by atoms with Crippen molar-refractivity contribution in [3.05, 3.63) is 65.4 Å². The van der Waals surface area contributed by atoms with E-state index in [0.717, 1.165) is 10.9 Å². The van der Waals surface area contributed by atoms with Crippen molar-refractivity contribution in [1.82, 2.24) is 15.3 Å². The predicted octanol–water partition coefficient (Wildman–Crippen LogP) is 3.33. The molecule has 0 saturated carbocycles. The molecule has 0 aliphatic heterocycles. The van der Waals surface area contributed by atoms with Crippen LogP contribution in [0.3, 0.4) is 0 Å². The molecule has 23 heavy (non-hydrogen) atoms. The fourth-order valence-corrected chi connectivity index (χ4v) is 2.55. The van der Waals surface area contributed by atoms with Gasteiger partial charge in [0.05, 0.1) is 12.1 Å². The van der Waals surface area contributed by atoms with Gasteiger partial charge in [-0.2, -0.15) is 5.10 Å². The number of hydrogen-bond donors (Lipinski definition) is 2. The van der Waals surface area contributed by atoms with Crippen LogP contribution in [0, 0.1) is 0 Å². The number of nitrogens with zero attached hydrogens (tertiary/aromatic N) is 2. The molecule has 2 N–H and O–H groups in total. The highest BCUT2D eigenvalue weighted by Gasteiger charge is 2.08. The Kier molecular flexibility index (Phi) is 4.12. The minimum absolute atomic E-state index is 0.381. The zero-order chi connectivity index (χ0) is 16.4. The van der Waals surface area contributed by atoms with Crippen LogP contribution in [-0.4, -0.2) is 20.9 Å². The fourth-order valence-electron chi connectivity index (χ4n) is 2.55. The Morgan fingerprint density at radius 2 is 1.96 bits per heavy atom. The summed E-state index contributed by atoms with van der Waals surface area (Å²) in [4.78, 5) is 11.4. The number of amides is 1. The van der Waals surface area contributed by atoms with Crippen molar-refractivity contribution in [3.63, 3.8) is 0 Å². The second-order valence-corrected chi connectivity index (χ2v) is 5.94. The highest BCUT2D eigenvalue weighted by atomic mass is 16.5. The van der Waals surface area contributed by atoms with Gasteiger partial charge in [-0.3, -0.25) is 14.7 Å². The molecule has 0 atom stereocenters. The Morgan fingerprint density at radius 3 is 2.61 bits per heavy atom. The minimum atomic E-state index is -0.536. The Bertz CT molecular complexity index is 835. The molecular weight excluding hydrogens is 290 g/mol. The molecule has 118 valence electrons. The fraction of sp³-hybridized carbons (Fsp3) is 0.222. The average molecular weight is 309 g/mol. The second kappa shape index (κ2) is 6.22. The van der Waals surface area contributed by atoms with E-state index in [9.17, 15) is 4.79 Å². The zero-order valence-corrected chi connectivity index (χ0v) is 13.2. The maximum Gasteiger partial charge on any atom is 0.274 e. The summed E-state index contributed by atoms with van der Waals surface area (Å²) in [6, 6.07) is 13.7. The number of rotatable bonds is 4. The van der Waals surface area contributed by atoms with Gasteiger partial charge in [-0.05, 0) is 29.2 Å². The SMILES string of the molecule is CC(C)c1ccc(Cn2cc3ccc(C(=O)NO)cc3n2)cc1. The van der Waals surface area contributed by atoms with E-state index in [1.165, 1.54) is 11.1 Å². The number of hydroxylamine groups is 1. The monoisotopic (exact) mass is 309 g/mol. The highest BCUT2D eigenvalue weighted by molar-refractivity contribution is 5.97. The summed E-state index contributed by atoms with van der Waals surface area (Å²) in [5.74, 6) is -0.0156. The maximum atomic E-state index is 11.4. The number of carbonyl (C=O) groups is 1. The molecule has 0 fully saturated rings. The molecule has 2 aromatic carbocycles. The predicted molar refractivity (Wildman–Crippen MR) is 88.6 cm³/mol. The largest absolute Gasteiger partial charge is 0.288 e. The summed E-state index contributed by atoms with van der Waals surface area (Å²) in [5.41, 5.74) is 5.24. The Balaban J connectivity index is 1.84. The summed E-state index contributed by atoms with van der Waals surface area (Å²) in [5, 5.41) is 14.2. The summed E-state index contributed by atoms with van der Waals surface area (Å²) in [6.45, 7) is 5.03. The lowest BCUT2D eigenvalue weighted by Gasteiger charge is -2.07.